The minimum atomic E-state index is -0.971. The number of thiophene rings is 1. The average molecular weight is 529 g/mol. The summed E-state index contributed by atoms with van der Waals surface area (Å²) in [5, 5.41) is 9.01. The lowest BCUT2D eigenvalue weighted by molar-refractivity contribution is -0.149. The van der Waals surface area contributed by atoms with Gasteiger partial charge in [-0.1, -0.05) is 54.6 Å². The van der Waals surface area contributed by atoms with E-state index in [1.165, 1.54) is 18.4 Å². The molecule has 192 valence electrons. The number of amides is 2. The van der Waals surface area contributed by atoms with Crippen LogP contribution < -0.4 is 15.4 Å². The maximum Gasteiger partial charge on any atom is 0.329 e. The highest BCUT2D eigenvalue weighted by Crippen LogP contribution is 2.36. The van der Waals surface area contributed by atoms with Crippen LogP contribution in [0.4, 0.5) is 5.69 Å². The first-order valence-corrected chi connectivity index (χ1v) is 12.7. The standard InChI is InChI=1S/C29H24N2O6S/c1-35-25-15-20-19-10-5-6-11-23(19)37-24(20)16-21(25)30-27(32)17-36-29(34)22(14-18-8-3-2-4-9-18)31-28(33)26-12-7-13-38-26/h2-13,15-16,22H,14,17H2,1H3,(H,30,32)(H,31,33)/t22-/m1/s1. The molecule has 5 rings (SSSR count). The molecule has 0 spiro atoms. The second-order valence-electron chi connectivity index (χ2n) is 8.50. The smallest absolute Gasteiger partial charge is 0.329 e. The number of anilines is 1. The Morgan fingerprint density at radius 3 is 2.47 bits per heavy atom. The summed E-state index contributed by atoms with van der Waals surface area (Å²) in [6.07, 6.45) is 0.217. The van der Waals surface area contributed by atoms with Gasteiger partial charge in [-0.25, -0.2) is 4.79 Å². The fourth-order valence-corrected chi connectivity index (χ4v) is 4.75. The van der Waals surface area contributed by atoms with Gasteiger partial charge in [0.1, 0.15) is 23.0 Å². The molecule has 0 saturated heterocycles. The number of esters is 1. The van der Waals surface area contributed by atoms with Crippen LogP contribution in [-0.4, -0.2) is 37.5 Å². The van der Waals surface area contributed by atoms with E-state index in [1.807, 2.05) is 54.6 Å². The van der Waals surface area contributed by atoms with Crippen LogP contribution in [0.15, 0.2) is 88.7 Å². The Hall–Kier alpha value is -4.63. The van der Waals surface area contributed by atoms with Crippen LogP contribution in [0.25, 0.3) is 21.9 Å². The summed E-state index contributed by atoms with van der Waals surface area (Å²) in [7, 11) is 1.50. The fraction of sp³-hybridized carbons (Fsp3) is 0.138. The van der Waals surface area contributed by atoms with Gasteiger partial charge in [-0.3, -0.25) is 9.59 Å². The Bertz CT molecular complexity index is 1590. The summed E-state index contributed by atoms with van der Waals surface area (Å²) >= 11 is 1.27. The van der Waals surface area contributed by atoms with Crippen molar-refractivity contribution < 1.29 is 28.3 Å². The predicted octanol–water partition coefficient (Wildman–Crippen LogP) is 5.18. The number of rotatable bonds is 9. The van der Waals surface area contributed by atoms with Crippen molar-refractivity contribution in [1.82, 2.24) is 5.32 Å². The number of furan rings is 1. The first-order chi connectivity index (χ1) is 18.5. The molecule has 8 nitrogen and oxygen atoms in total. The zero-order valence-electron chi connectivity index (χ0n) is 20.4. The van der Waals surface area contributed by atoms with Gasteiger partial charge in [0, 0.05) is 23.3 Å². The van der Waals surface area contributed by atoms with Crippen LogP contribution in [0.2, 0.25) is 0 Å². The lowest BCUT2D eigenvalue weighted by atomic mass is 10.1. The highest BCUT2D eigenvalue weighted by atomic mass is 32.1. The molecule has 0 aliphatic rings. The molecule has 0 unspecified atom stereocenters. The molecule has 0 aliphatic carbocycles. The molecule has 1 atom stereocenters. The third-order valence-electron chi connectivity index (χ3n) is 5.94. The summed E-state index contributed by atoms with van der Waals surface area (Å²) in [6, 6.07) is 22.8. The summed E-state index contributed by atoms with van der Waals surface area (Å²) in [5.74, 6) is -1.22. The summed E-state index contributed by atoms with van der Waals surface area (Å²) < 4.78 is 16.7. The molecular weight excluding hydrogens is 504 g/mol. The van der Waals surface area contributed by atoms with Crippen LogP contribution in [0, 0.1) is 0 Å². The Kier molecular flexibility index (Phi) is 7.37. The van der Waals surface area contributed by atoms with Crippen molar-refractivity contribution in [2.75, 3.05) is 19.0 Å². The molecule has 0 fully saturated rings. The number of hydrogen-bond acceptors (Lipinski definition) is 7. The van der Waals surface area contributed by atoms with E-state index in [0.717, 1.165) is 21.9 Å². The minimum absolute atomic E-state index is 0.217. The highest BCUT2D eigenvalue weighted by molar-refractivity contribution is 7.12. The quantitative estimate of drug-likeness (QED) is 0.255. The molecule has 2 amide bonds. The molecule has 38 heavy (non-hydrogen) atoms. The van der Waals surface area contributed by atoms with Gasteiger partial charge in [0.05, 0.1) is 17.7 Å². The van der Waals surface area contributed by atoms with Crippen molar-refractivity contribution >= 4 is 56.7 Å². The molecule has 9 heteroatoms. The Morgan fingerprint density at radius 1 is 0.921 bits per heavy atom. The number of carbonyl (C=O) groups excluding carboxylic acids is 3. The first kappa shape index (κ1) is 25.0. The van der Waals surface area contributed by atoms with Crippen LogP contribution in [0.5, 0.6) is 5.75 Å². The van der Waals surface area contributed by atoms with Gasteiger partial charge in [-0.05, 0) is 29.1 Å². The zero-order valence-corrected chi connectivity index (χ0v) is 21.2. The molecule has 2 N–H and O–H groups in total. The second kappa shape index (κ2) is 11.2. The number of carbonyl (C=O) groups is 3. The molecule has 2 aromatic heterocycles. The number of hydrogen-bond donors (Lipinski definition) is 2. The van der Waals surface area contributed by atoms with Gasteiger partial charge in [0.2, 0.25) is 0 Å². The van der Waals surface area contributed by atoms with Crippen molar-refractivity contribution in [1.29, 1.82) is 0 Å². The third-order valence-corrected chi connectivity index (χ3v) is 6.80. The average Bonchev–Trinajstić information content (AvgIpc) is 3.60. The third kappa shape index (κ3) is 5.52. The fourth-order valence-electron chi connectivity index (χ4n) is 4.12. The maximum atomic E-state index is 13.0. The Balaban J connectivity index is 1.27. The van der Waals surface area contributed by atoms with Gasteiger partial charge in [0.25, 0.3) is 11.8 Å². The molecule has 3 aromatic carbocycles. The van der Waals surface area contributed by atoms with Crippen LogP contribution in [-0.2, 0) is 20.7 Å². The van der Waals surface area contributed by atoms with E-state index in [1.54, 1.807) is 29.6 Å². The van der Waals surface area contributed by atoms with Crippen LogP contribution in [0.1, 0.15) is 15.2 Å². The summed E-state index contributed by atoms with van der Waals surface area (Å²) in [5.41, 5.74) is 2.52. The van der Waals surface area contributed by atoms with Gasteiger partial charge in [-0.15, -0.1) is 11.3 Å². The van der Waals surface area contributed by atoms with E-state index in [-0.39, 0.29) is 12.3 Å². The normalized spacial score (nSPS) is 11.7. The monoisotopic (exact) mass is 528 g/mol. The van der Waals surface area contributed by atoms with Gasteiger partial charge in [0.15, 0.2) is 6.61 Å². The predicted molar refractivity (Wildman–Crippen MR) is 146 cm³/mol. The van der Waals surface area contributed by atoms with E-state index in [0.29, 0.717) is 21.9 Å². The molecular formula is C29H24N2O6S. The maximum absolute atomic E-state index is 13.0. The molecule has 5 aromatic rings. The number of ether oxygens (including phenoxy) is 2. The topological polar surface area (TPSA) is 107 Å². The highest BCUT2D eigenvalue weighted by Gasteiger charge is 2.25. The molecule has 0 aliphatic heterocycles. The van der Waals surface area contributed by atoms with E-state index in [4.69, 9.17) is 13.9 Å². The van der Waals surface area contributed by atoms with Crippen molar-refractivity contribution in [2.24, 2.45) is 0 Å². The van der Waals surface area contributed by atoms with Crippen LogP contribution in [0.3, 0.4) is 0 Å². The molecule has 0 bridgehead atoms. The van der Waals surface area contributed by atoms with Gasteiger partial charge < -0.3 is 24.5 Å². The van der Waals surface area contributed by atoms with E-state index in [9.17, 15) is 14.4 Å². The SMILES string of the molecule is COc1cc2c(cc1NC(=O)COC(=O)[C@@H](Cc1ccccc1)NC(=O)c1cccs1)oc1ccccc12. The number of fused-ring (bicyclic) bond motifs is 3. The summed E-state index contributed by atoms with van der Waals surface area (Å²) in [4.78, 5) is 38.8. The minimum Gasteiger partial charge on any atom is -0.495 e. The van der Waals surface area contributed by atoms with Crippen molar-refractivity contribution in [3.63, 3.8) is 0 Å². The van der Waals surface area contributed by atoms with E-state index >= 15 is 0 Å². The van der Waals surface area contributed by atoms with Crippen molar-refractivity contribution in [2.45, 2.75) is 12.5 Å². The largest absolute Gasteiger partial charge is 0.495 e. The first-order valence-electron chi connectivity index (χ1n) is 11.9. The van der Waals surface area contributed by atoms with Gasteiger partial charge >= 0.3 is 5.97 Å². The lowest BCUT2D eigenvalue weighted by Crippen LogP contribution is -2.43. The molecule has 0 radical (unpaired) electrons. The summed E-state index contributed by atoms with van der Waals surface area (Å²) in [6.45, 7) is -0.541. The lowest BCUT2D eigenvalue weighted by Gasteiger charge is -2.18. The zero-order chi connectivity index (χ0) is 26.5. The number of para-hydroxylation sites is 1. The number of benzene rings is 3. The second-order valence-corrected chi connectivity index (χ2v) is 9.44. The Labute approximate surface area is 222 Å². The number of methoxy groups -OCH3 is 1. The molecule has 2 heterocycles. The molecule has 0 saturated carbocycles. The van der Waals surface area contributed by atoms with Crippen molar-refractivity contribution in [3.05, 3.63) is 94.7 Å². The van der Waals surface area contributed by atoms with E-state index < -0.39 is 24.5 Å². The van der Waals surface area contributed by atoms with Gasteiger partial charge in [-0.2, -0.15) is 0 Å². The van der Waals surface area contributed by atoms with Crippen LogP contribution >= 0.6 is 11.3 Å². The Morgan fingerprint density at radius 2 is 1.71 bits per heavy atom. The van der Waals surface area contributed by atoms with E-state index in [2.05, 4.69) is 10.6 Å². The number of nitrogens with one attached hydrogen (secondary N) is 2. The van der Waals surface area contributed by atoms with Crippen molar-refractivity contribution in [3.8, 4) is 5.75 Å².